The molecule has 1 aromatic heterocycles. The van der Waals surface area contributed by atoms with Crippen molar-refractivity contribution in [2.75, 3.05) is 25.0 Å². The quantitative estimate of drug-likeness (QED) is 0.610. The van der Waals surface area contributed by atoms with Crippen molar-refractivity contribution in [2.45, 2.75) is 25.9 Å². The summed E-state index contributed by atoms with van der Waals surface area (Å²) in [6.45, 7) is 4.68. The van der Waals surface area contributed by atoms with Crippen LogP contribution in [0.2, 0.25) is 0 Å². The van der Waals surface area contributed by atoms with E-state index in [2.05, 4.69) is 59.6 Å². The highest BCUT2D eigenvalue weighted by molar-refractivity contribution is 9.10. The third kappa shape index (κ3) is 4.72. The maximum Gasteiger partial charge on any atom is 0.191 e. The molecule has 1 saturated heterocycles. The van der Waals surface area contributed by atoms with Crippen LogP contribution in [0.1, 0.15) is 17.8 Å². The topological polar surface area (TPSA) is 52.6 Å². The molecule has 0 spiro atoms. The van der Waals surface area contributed by atoms with Crippen molar-refractivity contribution >= 4 is 27.6 Å². The Balaban J connectivity index is 1.54. The molecular weight excluding hydrogens is 378 g/mol. The van der Waals surface area contributed by atoms with Gasteiger partial charge in [0.1, 0.15) is 0 Å². The van der Waals surface area contributed by atoms with E-state index < -0.39 is 0 Å². The first kappa shape index (κ1) is 17.7. The van der Waals surface area contributed by atoms with Gasteiger partial charge in [-0.25, -0.2) is 0 Å². The van der Waals surface area contributed by atoms with Crippen LogP contribution >= 0.6 is 15.9 Å². The van der Waals surface area contributed by atoms with Crippen LogP contribution < -0.4 is 15.5 Å². The molecule has 0 amide bonds. The van der Waals surface area contributed by atoms with E-state index in [1.54, 1.807) is 7.05 Å². The standard InChI is InChI=1S/C19H24BrN5/c1-14-6-5-7-15(23-14)12-22-19(21-2)24-16-10-11-25(13-16)18-9-4-3-8-17(18)20/h3-9,16H,10-13H2,1-2H3,(H2,21,22,24). The Morgan fingerprint density at radius 2 is 2.12 bits per heavy atom. The van der Waals surface area contributed by atoms with Crippen LogP contribution in [0.15, 0.2) is 51.9 Å². The highest BCUT2D eigenvalue weighted by Crippen LogP contribution is 2.28. The molecule has 1 fully saturated rings. The average Bonchev–Trinajstić information content (AvgIpc) is 3.07. The molecule has 25 heavy (non-hydrogen) atoms. The summed E-state index contributed by atoms with van der Waals surface area (Å²) in [7, 11) is 1.81. The average molecular weight is 402 g/mol. The van der Waals surface area contributed by atoms with Crippen LogP contribution in [0.25, 0.3) is 0 Å². The minimum atomic E-state index is 0.378. The Morgan fingerprint density at radius 3 is 2.88 bits per heavy atom. The lowest BCUT2D eigenvalue weighted by Crippen LogP contribution is -2.44. The van der Waals surface area contributed by atoms with Gasteiger partial charge in [0.25, 0.3) is 0 Å². The number of hydrogen-bond donors (Lipinski definition) is 2. The van der Waals surface area contributed by atoms with Crippen molar-refractivity contribution in [3.63, 3.8) is 0 Å². The van der Waals surface area contributed by atoms with E-state index in [9.17, 15) is 0 Å². The number of nitrogens with zero attached hydrogens (tertiary/aromatic N) is 3. The number of benzene rings is 1. The van der Waals surface area contributed by atoms with Gasteiger partial charge in [-0.05, 0) is 53.5 Å². The fourth-order valence-electron chi connectivity index (χ4n) is 3.07. The minimum absolute atomic E-state index is 0.378. The molecule has 6 heteroatoms. The number of aliphatic imine (C=N–C) groups is 1. The van der Waals surface area contributed by atoms with Crippen LogP contribution in [-0.2, 0) is 6.54 Å². The largest absolute Gasteiger partial charge is 0.368 e. The molecule has 1 aliphatic heterocycles. The van der Waals surface area contributed by atoms with E-state index in [0.717, 1.165) is 41.3 Å². The molecule has 1 aliphatic rings. The number of para-hydroxylation sites is 1. The number of halogens is 1. The predicted molar refractivity (Wildman–Crippen MR) is 107 cm³/mol. The first-order valence-corrected chi connectivity index (χ1v) is 9.34. The monoisotopic (exact) mass is 401 g/mol. The summed E-state index contributed by atoms with van der Waals surface area (Å²) >= 11 is 3.64. The Morgan fingerprint density at radius 1 is 1.28 bits per heavy atom. The van der Waals surface area contributed by atoms with E-state index in [1.807, 2.05) is 31.2 Å². The van der Waals surface area contributed by atoms with E-state index in [4.69, 9.17) is 0 Å². The summed E-state index contributed by atoms with van der Waals surface area (Å²) in [5.41, 5.74) is 3.30. The molecule has 0 radical (unpaired) electrons. The van der Waals surface area contributed by atoms with E-state index in [1.165, 1.54) is 5.69 Å². The maximum atomic E-state index is 4.51. The molecule has 132 valence electrons. The van der Waals surface area contributed by atoms with Gasteiger partial charge in [-0.15, -0.1) is 0 Å². The molecule has 1 aromatic carbocycles. The Bertz CT molecular complexity index is 746. The van der Waals surface area contributed by atoms with Gasteiger partial charge in [-0.1, -0.05) is 18.2 Å². The van der Waals surface area contributed by atoms with Crippen molar-refractivity contribution < 1.29 is 0 Å². The number of aryl methyl sites for hydroxylation is 1. The van der Waals surface area contributed by atoms with E-state index in [-0.39, 0.29) is 0 Å². The third-order valence-corrected chi connectivity index (χ3v) is 5.00. The van der Waals surface area contributed by atoms with Gasteiger partial charge in [0.15, 0.2) is 5.96 Å². The van der Waals surface area contributed by atoms with E-state index in [0.29, 0.717) is 12.6 Å². The van der Waals surface area contributed by atoms with E-state index >= 15 is 0 Å². The van der Waals surface area contributed by atoms with Crippen molar-refractivity contribution in [2.24, 2.45) is 4.99 Å². The van der Waals surface area contributed by atoms with Crippen LogP contribution in [0, 0.1) is 6.92 Å². The molecule has 2 N–H and O–H groups in total. The second-order valence-corrected chi connectivity index (χ2v) is 7.08. The molecule has 3 rings (SSSR count). The van der Waals surface area contributed by atoms with Crippen LogP contribution in [0.5, 0.6) is 0 Å². The van der Waals surface area contributed by atoms with Crippen LogP contribution in [0.4, 0.5) is 5.69 Å². The molecule has 1 atom stereocenters. The van der Waals surface area contributed by atoms with Crippen molar-refractivity contribution in [1.29, 1.82) is 0 Å². The van der Waals surface area contributed by atoms with Gasteiger partial charge in [-0.3, -0.25) is 9.98 Å². The fraction of sp³-hybridized carbons (Fsp3) is 0.368. The Hall–Kier alpha value is -2.08. The number of guanidine groups is 1. The van der Waals surface area contributed by atoms with Gasteiger partial charge in [0.2, 0.25) is 0 Å². The molecule has 0 aliphatic carbocycles. The molecule has 0 bridgehead atoms. The highest BCUT2D eigenvalue weighted by atomic mass is 79.9. The van der Waals surface area contributed by atoms with Gasteiger partial charge in [-0.2, -0.15) is 0 Å². The number of pyridine rings is 1. The van der Waals surface area contributed by atoms with Crippen LogP contribution in [-0.4, -0.2) is 37.1 Å². The smallest absolute Gasteiger partial charge is 0.191 e. The summed E-state index contributed by atoms with van der Waals surface area (Å²) in [6.07, 6.45) is 1.09. The lowest BCUT2D eigenvalue weighted by Gasteiger charge is -2.21. The van der Waals surface area contributed by atoms with Crippen molar-refractivity contribution in [1.82, 2.24) is 15.6 Å². The minimum Gasteiger partial charge on any atom is -0.368 e. The number of hydrogen-bond acceptors (Lipinski definition) is 3. The van der Waals surface area contributed by atoms with Gasteiger partial charge in [0, 0.05) is 36.3 Å². The highest BCUT2D eigenvalue weighted by Gasteiger charge is 2.24. The summed E-state index contributed by atoms with van der Waals surface area (Å²) in [6, 6.07) is 14.8. The molecular formula is C19H24BrN5. The second-order valence-electron chi connectivity index (χ2n) is 6.22. The summed E-state index contributed by atoms with van der Waals surface area (Å²) < 4.78 is 1.14. The second kappa shape index (κ2) is 8.34. The Kier molecular flexibility index (Phi) is 5.91. The van der Waals surface area contributed by atoms with Gasteiger partial charge < -0.3 is 15.5 Å². The van der Waals surface area contributed by atoms with Crippen molar-refractivity contribution in [3.05, 3.63) is 58.3 Å². The number of rotatable bonds is 4. The third-order valence-electron chi connectivity index (χ3n) is 4.33. The molecule has 5 nitrogen and oxygen atoms in total. The number of anilines is 1. The van der Waals surface area contributed by atoms with Gasteiger partial charge in [0.05, 0.1) is 17.9 Å². The molecule has 2 aromatic rings. The number of aromatic nitrogens is 1. The molecule has 2 heterocycles. The van der Waals surface area contributed by atoms with Crippen LogP contribution in [0.3, 0.4) is 0 Å². The van der Waals surface area contributed by atoms with Gasteiger partial charge >= 0.3 is 0 Å². The first-order chi connectivity index (χ1) is 12.2. The summed E-state index contributed by atoms with van der Waals surface area (Å²) in [5, 5.41) is 6.88. The lowest BCUT2D eigenvalue weighted by molar-refractivity contribution is 0.647. The zero-order chi connectivity index (χ0) is 17.6. The zero-order valence-electron chi connectivity index (χ0n) is 14.7. The molecule has 1 unspecified atom stereocenters. The SMILES string of the molecule is CN=C(NCc1cccc(C)n1)NC1CCN(c2ccccc2Br)C1. The Labute approximate surface area is 157 Å². The number of nitrogens with one attached hydrogen (secondary N) is 2. The zero-order valence-corrected chi connectivity index (χ0v) is 16.3. The lowest BCUT2D eigenvalue weighted by atomic mass is 10.2. The predicted octanol–water partition coefficient (Wildman–Crippen LogP) is 3.10. The normalized spacial score (nSPS) is 17.6. The molecule has 0 saturated carbocycles. The fourth-order valence-corrected chi connectivity index (χ4v) is 3.60. The maximum absolute atomic E-state index is 4.51. The summed E-state index contributed by atoms with van der Waals surface area (Å²) in [4.78, 5) is 11.3. The summed E-state index contributed by atoms with van der Waals surface area (Å²) in [5.74, 6) is 0.822. The first-order valence-electron chi connectivity index (χ1n) is 8.55. The van der Waals surface area contributed by atoms with Crippen molar-refractivity contribution in [3.8, 4) is 0 Å².